The first-order chi connectivity index (χ1) is 6.38. The molecule has 1 rings (SSSR count). The van der Waals surface area contributed by atoms with Crippen molar-refractivity contribution < 1.29 is 9.90 Å². The van der Waals surface area contributed by atoms with E-state index in [9.17, 15) is 9.90 Å². The number of amides is 1. The van der Waals surface area contributed by atoms with Gasteiger partial charge in [0.25, 0.3) is 0 Å². The lowest BCUT2D eigenvalue weighted by molar-refractivity contribution is -0.152. The van der Waals surface area contributed by atoms with Crippen molar-refractivity contribution in [2.75, 3.05) is 0 Å². The highest BCUT2D eigenvalue weighted by Crippen LogP contribution is 2.40. The van der Waals surface area contributed by atoms with Crippen LogP contribution in [0.5, 0.6) is 0 Å². The molecular formula is C11H21NO2. The summed E-state index contributed by atoms with van der Waals surface area (Å²) < 4.78 is 0. The maximum atomic E-state index is 11.3. The average molecular weight is 199 g/mol. The number of nitrogens with two attached hydrogens (primary N) is 1. The minimum absolute atomic E-state index is 0.0243. The molecule has 3 N–H and O–H groups in total. The minimum Gasteiger partial charge on any atom is -0.380 e. The topological polar surface area (TPSA) is 63.3 Å². The molecule has 1 saturated carbocycles. The first-order valence-electron chi connectivity index (χ1n) is 5.40. The van der Waals surface area contributed by atoms with E-state index in [0.717, 1.165) is 12.8 Å². The van der Waals surface area contributed by atoms with Gasteiger partial charge in [-0.15, -0.1) is 0 Å². The Bertz CT molecular complexity index is 227. The van der Waals surface area contributed by atoms with Crippen LogP contribution in [0.3, 0.4) is 0 Å². The second-order valence-corrected chi connectivity index (χ2v) is 5.03. The van der Waals surface area contributed by atoms with Crippen LogP contribution in [0.15, 0.2) is 0 Å². The second-order valence-electron chi connectivity index (χ2n) is 5.03. The van der Waals surface area contributed by atoms with Gasteiger partial charge in [0.1, 0.15) is 5.60 Å². The van der Waals surface area contributed by atoms with Crippen LogP contribution < -0.4 is 5.73 Å². The highest BCUT2D eigenvalue weighted by molar-refractivity contribution is 5.83. The van der Waals surface area contributed by atoms with Crippen LogP contribution in [0.25, 0.3) is 0 Å². The smallest absolute Gasteiger partial charge is 0.249 e. The van der Waals surface area contributed by atoms with Crippen LogP contribution >= 0.6 is 0 Å². The third kappa shape index (κ3) is 1.92. The maximum absolute atomic E-state index is 11.3. The molecule has 3 nitrogen and oxygen atoms in total. The molecule has 0 aromatic carbocycles. The number of carbonyl (C=O) groups excluding carboxylic acids is 1. The standard InChI is InChI=1S/C11H21NO2/c1-7(2)9-5-4-8(3)6-11(9,14)10(12)13/h7-9,14H,4-6H2,1-3H3,(H2,12,13)/t8-,9+,11+/m1/s1. The van der Waals surface area contributed by atoms with Gasteiger partial charge in [-0.25, -0.2) is 0 Å². The Morgan fingerprint density at radius 1 is 1.50 bits per heavy atom. The molecule has 1 amide bonds. The third-order valence-electron chi connectivity index (χ3n) is 3.47. The van der Waals surface area contributed by atoms with Crippen molar-refractivity contribution in [3.63, 3.8) is 0 Å². The van der Waals surface area contributed by atoms with Crippen molar-refractivity contribution >= 4 is 5.91 Å². The number of hydrogen-bond acceptors (Lipinski definition) is 2. The van der Waals surface area contributed by atoms with Crippen molar-refractivity contribution in [3.8, 4) is 0 Å². The quantitative estimate of drug-likeness (QED) is 0.704. The number of primary amides is 1. The molecule has 0 spiro atoms. The van der Waals surface area contributed by atoms with Crippen LogP contribution in [0.4, 0.5) is 0 Å². The lowest BCUT2D eigenvalue weighted by atomic mass is 9.67. The summed E-state index contributed by atoms with van der Waals surface area (Å²) >= 11 is 0. The number of rotatable bonds is 2. The highest BCUT2D eigenvalue weighted by Gasteiger charge is 2.47. The summed E-state index contributed by atoms with van der Waals surface area (Å²) in [5.41, 5.74) is 4.03. The molecule has 0 radical (unpaired) electrons. The molecule has 0 bridgehead atoms. The maximum Gasteiger partial charge on any atom is 0.249 e. The molecule has 1 aliphatic rings. The summed E-state index contributed by atoms with van der Waals surface area (Å²) in [7, 11) is 0. The third-order valence-corrected chi connectivity index (χ3v) is 3.47. The Balaban J connectivity index is 2.88. The van der Waals surface area contributed by atoms with Gasteiger partial charge in [-0.05, 0) is 30.6 Å². The van der Waals surface area contributed by atoms with Crippen LogP contribution in [-0.2, 0) is 4.79 Å². The predicted molar refractivity (Wildman–Crippen MR) is 55.5 cm³/mol. The molecule has 0 saturated heterocycles. The van der Waals surface area contributed by atoms with Gasteiger partial charge in [0.2, 0.25) is 5.91 Å². The molecule has 0 unspecified atom stereocenters. The van der Waals surface area contributed by atoms with Gasteiger partial charge in [-0.3, -0.25) is 4.79 Å². The van der Waals surface area contributed by atoms with E-state index in [1.165, 1.54) is 0 Å². The summed E-state index contributed by atoms with van der Waals surface area (Å²) in [5, 5.41) is 10.3. The van der Waals surface area contributed by atoms with E-state index in [0.29, 0.717) is 18.3 Å². The fraction of sp³-hybridized carbons (Fsp3) is 0.909. The van der Waals surface area contributed by atoms with Crippen LogP contribution in [0, 0.1) is 17.8 Å². The molecule has 3 atom stereocenters. The Labute approximate surface area is 85.7 Å². The molecule has 0 aliphatic heterocycles. The zero-order valence-electron chi connectivity index (χ0n) is 9.29. The van der Waals surface area contributed by atoms with Gasteiger partial charge >= 0.3 is 0 Å². The molecule has 14 heavy (non-hydrogen) atoms. The van der Waals surface area contributed by atoms with E-state index in [1.54, 1.807) is 0 Å². The van der Waals surface area contributed by atoms with Gasteiger partial charge in [0, 0.05) is 0 Å². The molecule has 0 heterocycles. The summed E-state index contributed by atoms with van der Waals surface area (Å²) in [4.78, 5) is 11.3. The van der Waals surface area contributed by atoms with Gasteiger partial charge in [0.05, 0.1) is 0 Å². The van der Waals surface area contributed by atoms with E-state index >= 15 is 0 Å². The van der Waals surface area contributed by atoms with Crippen molar-refractivity contribution in [1.29, 1.82) is 0 Å². The Hall–Kier alpha value is -0.570. The summed E-state index contributed by atoms with van der Waals surface area (Å²) in [6, 6.07) is 0. The lowest BCUT2D eigenvalue weighted by Crippen LogP contribution is -2.54. The molecule has 1 aliphatic carbocycles. The summed E-state index contributed by atoms with van der Waals surface area (Å²) in [6.07, 6.45) is 2.50. The highest BCUT2D eigenvalue weighted by atomic mass is 16.3. The van der Waals surface area contributed by atoms with Crippen molar-refractivity contribution in [1.82, 2.24) is 0 Å². The van der Waals surface area contributed by atoms with Crippen LogP contribution in [-0.4, -0.2) is 16.6 Å². The fourth-order valence-corrected chi connectivity index (χ4v) is 2.66. The number of aliphatic hydroxyl groups is 1. The molecule has 1 fully saturated rings. The van der Waals surface area contributed by atoms with E-state index in [4.69, 9.17) is 5.73 Å². The normalized spacial score (nSPS) is 38.6. The largest absolute Gasteiger partial charge is 0.380 e. The van der Waals surface area contributed by atoms with Gasteiger partial charge in [0.15, 0.2) is 0 Å². The fourth-order valence-electron chi connectivity index (χ4n) is 2.66. The Morgan fingerprint density at radius 3 is 2.50 bits per heavy atom. The lowest BCUT2D eigenvalue weighted by Gasteiger charge is -2.42. The van der Waals surface area contributed by atoms with E-state index < -0.39 is 11.5 Å². The van der Waals surface area contributed by atoms with Crippen molar-refractivity contribution in [3.05, 3.63) is 0 Å². The summed E-state index contributed by atoms with van der Waals surface area (Å²) in [6.45, 7) is 6.13. The first kappa shape index (κ1) is 11.5. The van der Waals surface area contributed by atoms with Gasteiger partial charge < -0.3 is 10.8 Å². The minimum atomic E-state index is -1.27. The van der Waals surface area contributed by atoms with E-state index in [-0.39, 0.29) is 5.92 Å². The molecule has 3 heteroatoms. The van der Waals surface area contributed by atoms with E-state index in [2.05, 4.69) is 6.92 Å². The molecule has 82 valence electrons. The zero-order valence-corrected chi connectivity index (χ0v) is 9.29. The molecule has 0 aromatic heterocycles. The number of carbonyl (C=O) groups is 1. The SMILES string of the molecule is CC(C)[C@@H]1CC[C@@H](C)C[C@@]1(O)C(N)=O. The Kier molecular flexibility index (Phi) is 3.20. The first-order valence-corrected chi connectivity index (χ1v) is 5.40. The van der Waals surface area contributed by atoms with Crippen molar-refractivity contribution in [2.45, 2.75) is 45.6 Å². The molecule has 0 aromatic rings. The van der Waals surface area contributed by atoms with Crippen LogP contribution in [0.1, 0.15) is 40.0 Å². The number of hydrogen-bond donors (Lipinski definition) is 2. The van der Waals surface area contributed by atoms with Gasteiger partial charge in [-0.2, -0.15) is 0 Å². The monoisotopic (exact) mass is 199 g/mol. The molecular weight excluding hydrogens is 178 g/mol. The average Bonchev–Trinajstić information content (AvgIpc) is 2.02. The second kappa shape index (κ2) is 3.89. The van der Waals surface area contributed by atoms with Gasteiger partial charge in [-0.1, -0.05) is 27.2 Å². The van der Waals surface area contributed by atoms with E-state index in [1.807, 2.05) is 13.8 Å². The summed E-state index contributed by atoms with van der Waals surface area (Å²) in [5.74, 6) is 0.168. The van der Waals surface area contributed by atoms with Crippen LogP contribution in [0.2, 0.25) is 0 Å². The predicted octanol–water partition coefficient (Wildman–Crippen LogP) is 1.29. The zero-order chi connectivity index (χ0) is 10.9. The Morgan fingerprint density at radius 2 is 2.07 bits per heavy atom. The van der Waals surface area contributed by atoms with Crippen molar-refractivity contribution in [2.24, 2.45) is 23.5 Å².